The minimum absolute atomic E-state index is 0.00829. The SMILES string of the molecule is Cc1nc(C)c(C(=O)N2CCO[C@H](CN(C)CC(N)=O)C2)s1. The van der Waals surface area contributed by atoms with Crippen molar-refractivity contribution >= 4 is 23.2 Å². The molecule has 1 fully saturated rings. The lowest BCUT2D eigenvalue weighted by atomic mass is 10.2. The van der Waals surface area contributed by atoms with Gasteiger partial charge in [0.05, 0.1) is 30.0 Å². The maximum absolute atomic E-state index is 12.6. The molecule has 22 heavy (non-hydrogen) atoms. The summed E-state index contributed by atoms with van der Waals surface area (Å²) in [6.45, 7) is 6.08. The number of aryl methyl sites for hydroxylation is 2. The van der Waals surface area contributed by atoms with Crippen LogP contribution in [0, 0.1) is 13.8 Å². The fourth-order valence-electron chi connectivity index (χ4n) is 2.57. The van der Waals surface area contributed by atoms with Crippen LogP contribution in [0.2, 0.25) is 0 Å². The zero-order chi connectivity index (χ0) is 16.3. The van der Waals surface area contributed by atoms with Gasteiger partial charge >= 0.3 is 0 Å². The van der Waals surface area contributed by atoms with Crippen LogP contribution in [0.1, 0.15) is 20.4 Å². The largest absolute Gasteiger partial charge is 0.373 e. The monoisotopic (exact) mass is 326 g/mol. The van der Waals surface area contributed by atoms with Crippen molar-refractivity contribution in [1.29, 1.82) is 0 Å². The number of nitrogens with two attached hydrogens (primary N) is 1. The second kappa shape index (κ2) is 7.17. The highest BCUT2D eigenvalue weighted by Crippen LogP contribution is 2.20. The smallest absolute Gasteiger partial charge is 0.266 e. The molecule has 0 aliphatic carbocycles. The first kappa shape index (κ1) is 16.9. The molecule has 2 rings (SSSR count). The van der Waals surface area contributed by atoms with E-state index in [2.05, 4.69) is 4.98 Å². The first-order valence-electron chi connectivity index (χ1n) is 7.18. The Balaban J connectivity index is 1.96. The van der Waals surface area contributed by atoms with E-state index in [1.165, 1.54) is 11.3 Å². The highest BCUT2D eigenvalue weighted by atomic mass is 32.1. The summed E-state index contributed by atoms with van der Waals surface area (Å²) in [5, 5.41) is 0.895. The maximum Gasteiger partial charge on any atom is 0.266 e. The number of primary amides is 1. The number of aromatic nitrogens is 1. The molecule has 1 saturated heterocycles. The van der Waals surface area contributed by atoms with E-state index in [1.54, 1.807) is 4.90 Å². The number of morpholine rings is 1. The topological polar surface area (TPSA) is 88.8 Å². The number of hydrogen-bond donors (Lipinski definition) is 1. The first-order valence-corrected chi connectivity index (χ1v) is 8.00. The third kappa shape index (κ3) is 4.25. The Kier molecular flexibility index (Phi) is 5.49. The van der Waals surface area contributed by atoms with E-state index in [9.17, 15) is 9.59 Å². The van der Waals surface area contributed by atoms with Gasteiger partial charge in [0.15, 0.2) is 0 Å². The minimum Gasteiger partial charge on any atom is -0.373 e. The van der Waals surface area contributed by atoms with Crippen LogP contribution in [-0.4, -0.2) is 72.5 Å². The van der Waals surface area contributed by atoms with Gasteiger partial charge < -0.3 is 15.4 Å². The maximum atomic E-state index is 12.6. The Bertz CT molecular complexity index is 560. The molecule has 0 bridgehead atoms. The van der Waals surface area contributed by atoms with Crippen molar-refractivity contribution in [2.45, 2.75) is 20.0 Å². The molecule has 122 valence electrons. The van der Waals surface area contributed by atoms with E-state index in [4.69, 9.17) is 10.5 Å². The van der Waals surface area contributed by atoms with Gasteiger partial charge in [0.1, 0.15) is 4.88 Å². The Morgan fingerprint density at radius 1 is 1.50 bits per heavy atom. The molecule has 1 aromatic heterocycles. The molecule has 2 amide bonds. The molecule has 0 unspecified atom stereocenters. The Hall–Kier alpha value is -1.51. The van der Waals surface area contributed by atoms with E-state index in [1.807, 2.05) is 25.8 Å². The quantitative estimate of drug-likeness (QED) is 0.824. The molecule has 0 radical (unpaired) electrons. The van der Waals surface area contributed by atoms with Crippen molar-refractivity contribution in [3.8, 4) is 0 Å². The lowest BCUT2D eigenvalue weighted by molar-refractivity contribution is -0.119. The van der Waals surface area contributed by atoms with Gasteiger partial charge in [0, 0.05) is 19.6 Å². The number of likely N-dealkylation sites (N-methyl/N-ethyl adjacent to an activating group) is 1. The third-order valence-electron chi connectivity index (χ3n) is 3.46. The number of rotatable bonds is 5. The summed E-state index contributed by atoms with van der Waals surface area (Å²) in [5.41, 5.74) is 5.96. The minimum atomic E-state index is -0.373. The zero-order valence-electron chi connectivity index (χ0n) is 13.2. The van der Waals surface area contributed by atoms with Gasteiger partial charge in [-0.3, -0.25) is 14.5 Å². The summed E-state index contributed by atoms with van der Waals surface area (Å²) in [6.07, 6.45) is -0.114. The molecule has 0 spiro atoms. The van der Waals surface area contributed by atoms with Gasteiger partial charge in [-0.15, -0.1) is 11.3 Å². The van der Waals surface area contributed by atoms with Crippen molar-refractivity contribution in [2.24, 2.45) is 5.73 Å². The molecule has 7 nitrogen and oxygen atoms in total. The fraction of sp³-hybridized carbons (Fsp3) is 0.643. The van der Waals surface area contributed by atoms with Gasteiger partial charge in [-0.25, -0.2) is 4.98 Å². The summed E-state index contributed by atoms with van der Waals surface area (Å²) in [6, 6.07) is 0. The number of hydrogen-bond acceptors (Lipinski definition) is 6. The molecule has 1 aliphatic rings. The predicted octanol–water partition coefficient (Wildman–Crippen LogP) is 0.0180. The lowest BCUT2D eigenvalue weighted by Gasteiger charge is -2.34. The fourth-order valence-corrected chi connectivity index (χ4v) is 3.45. The second-order valence-electron chi connectivity index (χ2n) is 5.55. The van der Waals surface area contributed by atoms with Crippen LogP contribution in [0.4, 0.5) is 0 Å². The molecular weight excluding hydrogens is 304 g/mol. The van der Waals surface area contributed by atoms with Crippen LogP contribution in [0.3, 0.4) is 0 Å². The van der Waals surface area contributed by atoms with Crippen LogP contribution in [0.5, 0.6) is 0 Å². The normalized spacial score (nSPS) is 18.7. The summed E-state index contributed by atoms with van der Waals surface area (Å²) in [4.78, 5) is 32.1. The van der Waals surface area contributed by atoms with Crippen molar-refractivity contribution in [1.82, 2.24) is 14.8 Å². The number of thiazole rings is 1. The zero-order valence-corrected chi connectivity index (χ0v) is 14.0. The van der Waals surface area contributed by atoms with Crippen molar-refractivity contribution in [3.63, 3.8) is 0 Å². The molecule has 1 atom stereocenters. The Labute approximate surface area is 134 Å². The number of ether oxygens (including phenoxy) is 1. The number of carbonyl (C=O) groups excluding carboxylic acids is 2. The van der Waals surface area contributed by atoms with Gasteiger partial charge in [-0.1, -0.05) is 0 Å². The molecule has 2 heterocycles. The molecular formula is C14H22N4O3S. The molecule has 1 aliphatic heterocycles. The Morgan fingerprint density at radius 3 is 2.82 bits per heavy atom. The number of amides is 2. The van der Waals surface area contributed by atoms with Crippen molar-refractivity contribution in [2.75, 3.05) is 39.8 Å². The van der Waals surface area contributed by atoms with Crippen LogP contribution in [0.15, 0.2) is 0 Å². The summed E-state index contributed by atoms with van der Waals surface area (Å²) in [5.74, 6) is -0.365. The number of nitrogens with zero attached hydrogens (tertiary/aromatic N) is 3. The standard InChI is InChI=1S/C14H22N4O3S/c1-9-13(22-10(2)16-9)14(20)18-4-5-21-11(7-18)6-17(3)8-12(15)19/h11H,4-8H2,1-3H3,(H2,15,19)/t11-/m1/s1. The third-order valence-corrected chi connectivity index (χ3v) is 4.53. The highest BCUT2D eigenvalue weighted by Gasteiger charge is 2.28. The lowest BCUT2D eigenvalue weighted by Crippen LogP contribution is -2.49. The van der Waals surface area contributed by atoms with Crippen molar-refractivity contribution in [3.05, 3.63) is 15.6 Å². The molecule has 0 saturated carbocycles. The van der Waals surface area contributed by atoms with E-state index >= 15 is 0 Å². The van der Waals surface area contributed by atoms with Crippen LogP contribution >= 0.6 is 11.3 Å². The molecule has 2 N–H and O–H groups in total. The average Bonchev–Trinajstić information content (AvgIpc) is 2.76. The summed E-state index contributed by atoms with van der Waals surface area (Å²) >= 11 is 1.42. The molecule has 1 aromatic rings. The van der Waals surface area contributed by atoms with Gasteiger partial charge in [0.25, 0.3) is 5.91 Å². The number of carbonyl (C=O) groups is 2. The second-order valence-corrected chi connectivity index (χ2v) is 6.76. The van der Waals surface area contributed by atoms with Crippen molar-refractivity contribution < 1.29 is 14.3 Å². The van der Waals surface area contributed by atoms with Gasteiger partial charge in [-0.2, -0.15) is 0 Å². The summed E-state index contributed by atoms with van der Waals surface area (Å²) < 4.78 is 5.68. The van der Waals surface area contributed by atoms with E-state index in [0.29, 0.717) is 31.1 Å². The highest BCUT2D eigenvalue weighted by molar-refractivity contribution is 7.13. The Morgan fingerprint density at radius 2 is 2.23 bits per heavy atom. The first-order chi connectivity index (χ1) is 10.4. The van der Waals surface area contributed by atoms with E-state index < -0.39 is 0 Å². The van der Waals surface area contributed by atoms with Gasteiger partial charge in [-0.05, 0) is 20.9 Å². The van der Waals surface area contributed by atoms with Crippen LogP contribution in [-0.2, 0) is 9.53 Å². The van der Waals surface area contributed by atoms with Crippen LogP contribution < -0.4 is 5.73 Å². The average molecular weight is 326 g/mol. The molecule has 8 heteroatoms. The van der Waals surface area contributed by atoms with Gasteiger partial charge in [0.2, 0.25) is 5.91 Å². The van der Waals surface area contributed by atoms with E-state index in [-0.39, 0.29) is 24.5 Å². The molecule has 0 aromatic carbocycles. The van der Waals surface area contributed by atoms with Crippen LogP contribution in [0.25, 0.3) is 0 Å². The van der Waals surface area contributed by atoms with E-state index in [0.717, 1.165) is 10.7 Å². The summed E-state index contributed by atoms with van der Waals surface area (Å²) in [7, 11) is 1.81. The predicted molar refractivity (Wildman–Crippen MR) is 83.9 cm³/mol.